The Labute approximate surface area is 134 Å². The lowest BCUT2D eigenvalue weighted by Gasteiger charge is -2.20. The van der Waals surface area contributed by atoms with Crippen molar-refractivity contribution in [2.45, 2.75) is 57.4 Å². The average Bonchev–Trinajstić information content (AvgIpc) is 3.02. The maximum Gasteiger partial charge on any atom is 0.274 e. The van der Waals surface area contributed by atoms with Crippen LogP contribution >= 0.6 is 0 Å². The van der Waals surface area contributed by atoms with Crippen LogP contribution in [0.4, 0.5) is 0 Å². The van der Waals surface area contributed by atoms with Crippen molar-refractivity contribution in [3.05, 3.63) is 29.2 Å². The zero-order chi connectivity index (χ0) is 16.0. The van der Waals surface area contributed by atoms with Crippen molar-refractivity contribution in [3.63, 3.8) is 0 Å². The van der Waals surface area contributed by atoms with Gasteiger partial charge in [-0.05, 0) is 31.7 Å². The van der Waals surface area contributed by atoms with Crippen molar-refractivity contribution < 1.29 is 9.32 Å². The molecule has 122 valence electrons. The van der Waals surface area contributed by atoms with Gasteiger partial charge in [-0.2, -0.15) is 10.1 Å². The van der Waals surface area contributed by atoms with E-state index in [1.165, 1.54) is 12.8 Å². The molecular weight excluding hydrogens is 294 g/mol. The predicted octanol–water partition coefficient (Wildman–Crippen LogP) is 2.77. The third kappa shape index (κ3) is 2.64. The normalized spacial score (nSPS) is 21.3. The predicted molar refractivity (Wildman–Crippen MR) is 82.0 cm³/mol. The van der Waals surface area contributed by atoms with Crippen molar-refractivity contribution in [3.8, 4) is 0 Å². The summed E-state index contributed by atoms with van der Waals surface area (Å²) >= 11 is 0. The van der Waals surface area contributed by atoms with Gasteiger partial charge in [0.05, 0.1) is 6.04 Å². The fourth-order valence-electron chi connectivity index (χ4n) is 3.09. The molecule has 2 aromatic rings. The van der Waals surface area contributed by atoms with Crippen LogP contribution in [-0.4, -0.2) is 37.7 Å². The fourth-order valence-corrected chi connectivity index (χ4v) is 3.09. The lowest BCUT2D eigenvalue weighted by Crippen LogP contribution is -2.31. The lowest BCUT2D eigenvalue weighted by atomic mass is 10.2. The SMILES string of the molecule is CC(C)c1nc([C@H]2CCCN2C(=O)c2cc(C3CC3)[nH]n2)no1. The van der Waals surface area contributed by atoms with Crippen LogP contribution in [0.2, 0.25) is 0 Å². The van der Waals surface area contributed by atoms with Crippen LogP contribution in [0.15, 0.2) is 10.6 Å². The summed E-state index contributed by atoms with van der Waals surface area (Å²) in [7, 11) is 0. The smallest absolute Gasteiger partial charge is 0.274 e. The largest absolute Gasteiger partial charge is 0.339 e. The van der Waals surface area contributed by atoms with Crippen molar-refractivity contribution in [2.75, 3.05) is 6.54 Å². The molecule has 1 saturated carbocycles. The first-order valence-corrected chi connectivity index (χ1v) is 8.33. The van der Waals surface area contributed by atoms with Gasteiger partial charge in [-0.1, -0.05) is 19.0 Å². The summed E-state index contributed by atoms with van der Waals surface area (Å²) in [4.78, 5) is 19.1. The van der Waals surface area contributed by atoms with E-state index in [2.05, 4.69) is 20.3 Å². The van der Waals surface area contributed by atoms with Gasteiger partial charge in [0.15, 0.2) is 5.82 Å². The van der Waals surface area contributed by atoms with Crippen LogP contribution in [-0.2, 0) is 0 Å². The summed E-state index contributed by atoms with van der Waals surface area (Å²) in [5.74, 6) is 1.93. The third-order valence-electron chi connectivity index (χ3n) is 4.60. The number of H-pyrrole nitrogens is 1. The first-order chi connectivity index (χ1) is 11.1. The van der Waals surface area contributed by atoms with Gasteiger partial charge in [0, 0.05) is 24.1 Å². The van der Waals surface area contributed by atoms with E-state index >= 15 is 0 Å². The number of aromatic nitrogens is 4. The Morgan fingerprint density at radius 3 is 2.91 bits per heavy atom. The van der Waals surface area contributed by atoms with E-state index in [0.29, 0.717) is 29.9 Å². The fraction of sp³-hybridized carbons (Fsp3) is 0.625. The molecule has 1 N–H and O–H groups in total. The molecule has 1 saturated heterocycles. The summed E-state index contributed by atoms with van der Waals surface area (Å²) in [6, 6.07) is 1.78. The summed E-state index contributed by atoms with van der Waals surface area (Å²) in [6.07, 6.45) is 4.18. The molecule has 1 aliphatic carbocycles. The van der Waals surface area contributed by atoms with Gasteiger partial charge in [0.2, 0.25) is 5.89 Å². The van der Waals surface area contributed by atoms with Gasteiger partial charge < -0.3 is 9.42 Å². The monoisotopic (exact) mass is 315 g/mol. The molecule has 0 aromatic carbocycles. The quantitative estimate of drug-likeness (QED) is 0.937. The number of nitrogens with zero attached hydrogens (tertiary/aromatic N) is 4. The van der Waals surface area contributed by atoms with Crippen LogP contribution in [0.1, 0.15) is 85.3 Å². The second-order valence-electron chi connectivity index (χ2n) is 6.78. The maximum atomic E-state index is 12.8. The van der Waals surface area contributed by atoms with Crippen molar-refractivity contribution >= 4 is 5.91 Å². The second kappa shape index (κ2) is 5.47. The maximum absolute atomic E-state index is 12.8. The molecule has 7 nitrogen and oxygen atoms in total. The highest BCUT2D eigenvalue weighted by atomic mass is 16.5. The van der Waals surface area contributed by atoms with Gasteiger partial charge >= 0.3 is 0 Å². The zero-order valence-electron chi connectivity index (χ0n) is 13.5. The molecule has 2 fully saturated rings. The van der Waals surface area contributed by atoms with Crippen LogP contribution in [0.25, 0.3) is 0 Å². The van der Waals surface area contributed by atoms with Crippen molar-refractivity contribution in [1.82, 2.24) is 25.2 Å². The van der Waals surface area contributed by atoms with E-state index in [9.17, 15) is 4.79 Å². The first-order valence-electron chi connectivity index (χ1n) is 8.33. The average molecular weight is 315 g/mol. The first kappa shape index (κ1) is 14.4. The molecular formula is C16H21N5O2. The molecule has 3 heterocycles. The van der Waals surface area contributed by atoms with Gasteiger partial charge in [0.1, 0.15) is 5.69 Å². The van der Waals surface area contributed by atoms with Gasteiger partial charge in [-0.3, -0.25) is 9.89 Å². The molecule has 1 amide bonds. The molecule has 23 heavy (non-hydrogen) atoms. The summed E-state index contributed by atoms with van der Waals surface area (Å²) in [5.41, 5.74) is 1.57. The van der Waals surface area contributed by atoms with Crippen LogP contribution in [0, 0.1) is 0 Å². The highest BCUT2D eigenvalue weighted by Crippen LogP contribution is 2.39. The van der Waals surface area contributed by atoms with Crippen LogP contribution in [0.5, 0.6) is 0 Å². The molecule has 1 atom stereocenters. The Hall–Kier alpha value is -2.18. The topological polar surface area (TPSA) is 87.9 Å². The number of likely N-dealkylation sites (tertiary alicyclic amines) is 1. The minimum Gasteiger partial charge on any atom is -0.339 e. The Morgan fingerprint density at radius 2 is 2.22 bits per heavy atom. The molecule has 0 spiro atoms. The van der Waals surface area contributed by atoms with E-state index in [1.807, 2.05) is 24.8 Å². The van der Waals surface area contributed by atoms with Gasteiger partial charge in [-0.25, -0.2) is 0 Å². The zero-order valence-corrected chi connectivity index (χ0v) is 13.5. The third-order valence-corrected chi connectivity index (χ3v) is 4.60. The summed E-state index contributed by atoms with van der Waals surface area (Å²) in [5, 5.41) is 11.3. The number of carbonyl (C=O) groups is 1. The molecule has 1 aliphatic heterocycles. The molecule has 4 rings (SSSR count). The number of nitrogens with one attached hydrogen (secondary N) is 1. The molecule has 0 bridgehead atoms. The second-order valence-corrected chi connectivity index (χ2v) is 6.78. The van der Waals surface area contributed by atoms with Crippen molar-refractivity contribution in [1.29, 1.82) is 0 Å². The number of carbonyl (C=O) groups excluding carboxylic acids is 1. The highest BCUT2D eigenvalue weighted by molar-refractivity contribution is 5.92. The minimum atomic E-state index is -0.111. The van der Waals surface area contributed by atoms with E-state index in [4.69, 9.17) is 4.52 Å². The van der Waals surface area contributed by atoms with E-state index in [0.717, 1.165) is 18.5 Å². The van der Waals surface area contributed by atoms with Gasteiger partial charge in [-0.15, -0.1) is 0 Å². The Balaban J connectivity index is 1.54. The molecule has 2 aromatic heterocycles. The number of rotatable bonds is 4. The van der Waals surface area contributed by atoms with Crippen LogP contribution in [0.3, 0.4) is 0 Å². The number of hydrogen-bond donors (Lipinski definition) is 1. The minimum absolute atomic E-state index is 0.0495. The highest BCUT2D eigenvalue weighted by Gasteiger charge is 2.35. The van der Waals surface area contributed by atoms with Crippen molar-refractivity contribution in [2.24, 2.45) is 0 Å². The van der Waals surface area contributed by atoms with Gasteiger partial charge in [0.25, 0.3) is 5.91 Å². The standard InChI is InChI=1S/C16H21N5O2/c1-9(2)15-17-14(20-23-15)13-4-3-7-21(13)16(22)12-8-11(18-19-12)10-5-6-10/h8-10,13H,3-7H2,1-2H3,(H,18,19)/t13-/m1/s1. The van der Waals surface area contributed by atoms with E-state index in [1.54, 1.807) is 0 Å². The van der Waals surface area contributed by atoms with E-state index < -0.39 is 0 Å². The Kier molecular flexibility index (Phi) is 3.43. The number of aromatic amines is 1. The number of amides is 1. The Bertz CT molecular complexity index is 716. The summed E-state index contributed by atoms with van der Waals surface area (Å²) in [6.45, 7) is 4.73. The van der Waals surface area contributed by atoms with Crippen LogP contribution < -0.4 is 0 Å². The summed E-state index contributed by atoms with van der Waals surface area (Å²) < 4.78 is 5.30. The molecule has 7 heteroatoms. The molecule has 0 unspecified atom stereocenters. The number of hydrogen-bond acceptors (Lipinski definition) is 5. The molecule has 2 aliphatic rings. The lowest BCUT2D eigenvalue weighted by molar-refractivity contribution is 0.0722. The van der Waals surface area contributed by atoms with E-state index in [-0.39, 0.29) is 17.9 Å². The Morgan fingerprint density at radius 1 is 1.39 bits per heavy atom. The molecule has 0 radical (unpaired) electrons.